The van der Waals surface area contributed by atoms with Crippen molar-refractivity contribution >= 4 is 22.1 Å². The molecule has 4 aromatic rings. The maximum atomic E-state index is 11.6. The molecule has 26 heavy (non-hydrogen) atoms. The van der Waals surface area contributed by atoms with Crippen LogP contribution in [-0.4, -0.2) is 19.5 Å². The Hall–Kier alpha value is -2.95. The number of hydrogen-bond acceptors (Lipinski definition) is 3. The van der Waals surface area contributed by atoms with E-state index in [0.717, 1.165) is 33.5 Å². The molecule has 1 N–H and O–H groups in total. The molecule has 0 unspecified atom stereocenters. The maximum absolute atomic E-state index is 11.6. The number of aromatic amines is 1. The van der Waals surface area contributed by atoms with Crippen LogP contribution < -0.4 is 5.56 Å². The molecule has 5 rings (SSSR count). The molecule has 0 spiro atoms. The summed E-state index contributed by atoms with van der Waals surface area (Å²) >= 11 is 0. The van der Waals surface area contributed by atoms with Gasteiger partial charge in [0.2, 0.25) is 0 Å². The van der Waals surface area contributed by atoms with Crippen molar-refractivity contribution in [2.75, 3.05) is 0 Å². The number of H-pyrrole nitrogens is 1. The summed E-state index contributed by atoms with van der Waals surface area (Å²) in [6.45, 7) is 0. The highest BCUT2D eigenvalue weighted by Gasteiger charge is 2.22. The Morgan fingerprint density at radius 1 is 1.00 bits per heavy atom. The Kier molecular flexibility index (Phi) is 3.59. The maximum Gasteiger partial charge on any atom is 0.266 e. The molecule has 0 atom stereocenters. The van der Waals surface area contributed by atoms with Crippen LogP contribution in [0.2, 0.25) is 0 Å². The Balaban J connectivity index is 1.81. The minimum Gasteiger partial charge on any atom is -0.321 e. The molecule has 1 aliphatic carbocycles. The van der Waals surface area contributed by atoms with Crippen LogP contribution in [0.25, 0.3) is 33.5 Å². The minimum absolute atomic E-state index is 0.188. The molecule has 0 saturated heterocycles. The second-order valence-electron chi connectivity index (χ2n) is 7.07. The van der Waals surface area contributed by atoms with E-state index in [-0.39, 0.29) is 5.56 Å². The number of aromatic nitrogens is 4. The van der Waals surface area contributed by atoms with Gasteiger partial charge in [0.05, 0.1) is 28.3 Å². The van der Waals surface area contributed by atoms with E-state index in [2.05, 4.69) is 44.9 Å². The van der Waals surface area contributed by atoms with Crippen LogP contribution in [0, 0.1) is 0 Å². The first-order valence-corrected chi connectivity index (χ1v) is 9.26. The largest absolute Gasteiger partial charge is 0.321 e. The summed E-state index contributed by atoms with van der Waals surface area (Å²) in [4.78, 5) is 23.7. The Morgan fingerprint density at radius 3 is 2.62 bits per heavy atom. The van der Waals surface area contributed by atoms with Crippen LogP contribution in [0.4, 0.5) is 0 Å². The van der Waals surface area contributed by atoms with Crippen molar-refractivity contribution in [2.24, 2.45) is 0 Å². The van der Waals surface area contributed by atoms with Gasteiger partial charge in [-0.25, -0.2) is 9.97 Å². The summed E-state index contributed by atoms with van der Waals surface area (Å²) < 4.78 is 2.40. The van der Waals surface area contributed by atoms with Gasteiger partial charge in [-0.3, -0.25) is 4.79 Å². The first-order valence-electron chi connectivity index (χ1n) is 9.26. The van der Waals surface area contributed by atoms with Gasteiger partial charge in [0.1, 0.15) is 5.82 Å². The average Bonchev–Trinajstić information content (AvgIpc) is 3.06. The molecule has 2 aromatic carbocycles. The first kappa shape index (κ1) is 15.3. The van der Waals surface area contributed by atoms with Gasteiger partial charge in [-0.15, -0.1) is 0 Å². The zero-order chi connectivity index (χ0) is 17.5. The molecule has 2 heterocycles. The van der Waals surface area contributed by atoms with Crippen LogP contribution in [-0.2, 0) is 0 Å². The highest BCUT2D eigenvalue weighted by molar-refractivity contribution is 5.93. The topological polar surface area (TPSA) is 63.6 Å². The van der Waals surface area contributed by atoms with Gasteiger partial charge in [0, 0.05) is 11.6 Å². The molecule has 1 saturated carbocycles. The molecular formula is C21H20N4O. The lowest BCUT2D eigenvalue weighted by atomic mass is 9.95. The fourth-order valence-electron chi connectivity index (χ4n) is 4.13. The standard InChI is InChI=1S/C21H20N4O/c26-20-13-22-16-12-19-18(11-17(16)23-20)24-21(14-7-3-1-4-8-14)25(19)15-9-5-2-6-10-15/h1,3-4,7-8,11-13,15H,2,5-6,9-10H2,(H,23,26). The highest BCUT2D eigenvalue weighted by Crippen LogP contribution is 2.36. The van der Waals surface area contributed by atoms with Gasteiger partial charge in [-0.1, -0.05) is 49.6 Å². The van der Waals surface area contributed by atoms with Crippen LogP contribution >= 0.6 is 0 Å². The van der Waals surface area contributed by atoms with Crippen molar-refractivity contribution in [1.82, 2.24) is 19.5 Å². The van der Waals surface area contributed by atoms with Crippen molar-refractivity contribution in [3.8, 4) is 11.4 Å². The Labute approximate surface area is 150 Å². The third-order valence-electron chi connectivity index (χ3n) is 5.36. The van der Waals surface area contributed by atoms with E-state index in [1.807, 2.05) is 12.1 Å². The zero-order valence-corrected chi connectivity index (χ0v) is 14.5. The SMILES string of the molecule is O=c1cnc2cc3c(cc2[nH]1)nc(-c1ccccc1)n3C1CCCCC1. The van der Waals surface area contributed by atoms with Gasteiger partial charge in [-0.2, -0.15) is 0 Å². The zero-order valence-electron chi connectivity index (χ0n) is 14.5. The molecule has 0 bridgehead atoms. The van der Waals surface area contributed by atoms with E-state index < -0.39 is 0 Å². The molecule has 1 fully saturated rings. The van der Waals surface area contributed by atoms with Crippen molar-refractivity contribution < 1.29 is 0 Å². The summed E-state index contributed by atoms with van der Waals surface area (Å²) in [7, 11) is 0. The molecule has 130 valence electrons. The van der Waals surface area contributed by atoms with E-state index in [4.69, 9.17) is 4.98 Å². The minimum atomic E-state index is -0.188. The van der Waals surface area contributed by atoms with E-state index >= 15 is 0 Å². The smallest absolute Gasteiger partial charge is 0.266 e. The van der Waals surface area contributed by atoms with E-state index in [1.54, 1.807) is 0 Å². The predicted octanol–water partition coefficient (Wildman–Crippen LogP) is 4.45. The number of benzene rings is 2. The monoisotopic (exact) mass is 344 g/mol. The van der Waals surface area contributed by atoms with Crippen LogP contribution in [0.1, 0.15) is 38.1 Å². The fraction of sp³-hybridized carbons (Fsp3) is 0.286. The normalized spacial score (nSPS) is 15.7. The summed E-state index contributed by atoms with van der Waals surface area (Å²) in [5, 5.41) is 0. The lowest BCUT2D eigenvalue weighted by Gasteiger charge is -2.25. The molecule has 0 aliphatic heterocycles. The number of nitrogens with one attached hydrogen (secondary N) is 1. The van der Waals surface area contributed by atoms with Gasteiger partial charge >= 0.3 is 0 Å². The van der Waals surface area contributed by atoms with E-state index in [9.17, 15) is 4.79 Å². The predicted molar refractivity (Wildman–Crippen MR) is 103 cm³/mol. The van der Waals surface area contributed by atoms with Crippen LogP contribution in [0.15, 0.2) is 53.5 Å². The Bertz CT molecular complexity index is 1140. The van der Waals surface area contributed by atoms with Crippen LogP contribution in [0.3, 0.4) is 0 Å². The van der Waals surface area contributed by atoms with Gasteiger partial charge in [-0.05, 0) is 25.0 Å². The van der Waals surface area contributed by atoms with Gasteiger partial charge in [0.15, 0.2) is 0 Å². The molecular weight excluding hydrogens is 324 g/mol. The molecule has 2 aromatic heterocycles. The van der Waals surface area contributed by atoms with Crippen molar-refractivity contribution in [3.63, 3.8) is 0 Å². The summed E-state index contributed by atoms with van der Waals surface area (Å²) in [5.74, 6) is 1.00. The van der Waals surface area contributed by atoms with E-state index in [0.29, 0.717) is 6.04 Å². The molecule has 0 radical (unpaired) electrons. The molecule has 0 amide bonds. The van der Waals surface area contributed by atoms with E-state index in [1.165, 1.54) is 38.3 Å². The number of rotatable bonds is 2. The average molecular weight is 344 g/mol. The Morgan fingerprint density at radius 2 is 1.81 bits per heavy atom. The molecule has 1 aliphatic rings. The van der Waals surface area contributed by atoms with Gasteiger partial charge < -0.3 is 9.55 Å². The third kappa shape index (κ3) is 2.51. The lowest BCUT2D eigenvalue weighted by Crippen LogP contribution is -2.14. The van der Waals surface area contributed by atoms with Gasteiger partial charge in [0.25, 0.3) is 5.56 Å². The second kappa shape index (κ2) is 6.09. The first-order chi connectivity index (χ1) is 12.8. The number of nitrogens with zero attached hydrogens (tertiary/aromatic N) is 3. The fourth-order valence-corrected chi connectivity index (χ4v) is 4.13. The second-order valence-corrected chi connectivity index (χ2v) is 7.07. The summed E-state index contributed by atoms with van der Waals surface area (Å²) in [6.07, 6.45) is 7.54. The summed E-state index contributed by atoms with van der Waals surface area (Å²) in [5.41, 5.74) is 4.48. The van der Waals surface area contributed by atoms with Crippen molar-refractivity contribution in [2.45, 2.75) is 38.1 Å². The third-order valence-corrected chi connectivity index (χ3v) is 5.36. The van der Waals surface area contributed by atoms with Crippen molar-refractivity contribution in [1.29, 1.82) is 0 Å². The number of hydrogen-bond donors (Lipinski definition) is 1. The quantitative estimate of drug-likeness (QED) is 0.584. The van der Waals surface area contributed by atoms with Crippen LogP contribution in [0.5, 0.6) is 0 Å². The van der Waals surface area contributed by atoms with Crippen molar-refractivity contribution in [3.05, 3.63) is 59.0 Å². The molecule has 5 heteroatoms. The number of fused-ring (bicyclic) bond motifs is 2. The molecule has 5 nitrogen and oxygen atoms in total. The lowest BCUT2D eigenvalue weighted by molar-refractivity contribution is 0.362. The highest BCUT2D eigenvalue weighted by atomic mass is 16.1. The number of imidazole rings is 1. The summed E-state index contributed by atoms with van der Waals surface area (Å²) in [6, 6.07) is 14.8.